The smallest absolute Gasteiger partial charge is 0.193 e. The highest BCUT2D eigenvalue weighted by molar-refractivity contribution is 5.92. The molecule has 0 bridgehead atoms. The van der Waals surface area contributed by atoms with Crippen molar-refractivity contribution in [2.45, 2.75) is 13.5 Å². The highest BCUT2D eigenvalue weighted by Gasteiger charge is 2.00. The van der Waals surface area contributed by atoms with Gasteiger partial charge < -0.3 is 11.1 Å². The summed E-state index contributed by atoms with van der Waals surface area (Å²) < 4.78 is 13.4. The number of hydrogen-bond donors (Lipinski definition) is 2. The zero-order chi connectivity index (χ0) is 13.7. The van der Waals surface area contributed by atoms with Crippen LogP contribution in [0.3, 0.4) is 0 Å². The average Bonchev–Trinajstić information content (AvgIpc) is 2.38. The van der Waals surface area contributed by atoms with Crippen molar-refractivity contribution in [1.82, 2.24) is 0 Å². The van der Waals surface area contributed by atoms with E-state index in [1.165, 1.54) is 6.07 Å². The van der Waals surface area contributed by atoms with Crippen LogP contribution < -0.4 is 11.1 Å². The summed E-state index contributed by atoms with van der Waals surface area (Å²) in [6.07, 6.45) is 0. The van der Waals surface area contributed by atoms with Crippen molar-refractivity contribution >= 4 is 11.6 Å². The predicted molar refractivity (Wildman–Crippen MR) is 76.5 cm³/mol. The van der Waals surface area contributed by atoms with Gasteiger partial charge in [0.05, 0.1) is 6.54 Å². The number of aryl methyl sites for hydroxylation is 1. The lowest BCUT2D eigenvalue weighted by Crippen LogP contribution is -2.22. The van der Waals surface area contributed by atoms with Gasteiger partial charge in [0, 0.05) is 11.3 Å². The number of nitrogens with one attached hydrogen (secondary N) is 1. The van der Waals surface area contributed by atoms with Crippen LogP contribution in [0, 0.1) is 12.7 Å². The van der Waals surface area contributed by atoms with Crippen LogP contribution in [0.2, 0.25) is 0 Å². The minimum atomic E-state index is -0.269. The van der Waals surface area contributed by atoms with E-state index in [1.807, 2.05) is 31.2 Å². The molecule has 0 fully saturated rings. The largest absolute Gasteiger partial charge is 0.370 e. The third-order valence-corrected chi connectivity index (χ3v) is 2.67. The van der Waals surface area contributed by atoms with Gasteiger partial charge in [0.15, 0.2) is 5.96 Å². The van der Waals surface area contributed by atoms with Gasteiger partial charge in [-0.15, -0.1) is 0 Å². The molecule has 98 valence electrons. The number of rotatable bonds is 3. The summed E-state index contributed by atoms with van der Waals surface area (Å²) in [5.74, 6) is 0.00320. The second kappa shape index (κ2) is 6.00. The molecule has 2 rings (SSSR count). The molecule has 2 aromatic carbocycles. The van der Waals surface area contributed by atoms with Crippen LogP contribution in [0.5, 0.6) is 0 Å². The molecule has 0 heterocycles. The van der Waals surface area contributed by atoms with Gasteiger partial charge in [-0.1, -0.05) is 30.3 Å². The molecule has 19 heavy (non-hydrogen) atoms. The second-order valence-corrected chi connectivity index (χ2v) is 4.29. The van der Waals surface area contributed by atoms with E-state index in [9.17, 15) is 4.39 Å². The summed E-state index contributed by atoms with van der Waals surface area (Å²) in [5, 5.41) is 2.98. The van der Waals surface area contributed by atoms with Crippen molar-refractivity contribution < 1.29 is 4.39 Å². The van der Waals surface area contributed by atoms with Crippen LogP contribution in [-0.4, -0.2) is 5.96 Å². The second-order valence-electron chi connectivity index (χ2n) is 4.29. The molecule has 0 aliphatic carbocycles. The van der Waals surface area contributed by atoms with Gasteiger partial charge in [0.1, 0.15) is 5.82 Å². The molecule has 0 aliphatic heterocycles. The van der Waals surface area contributed by atoms with E-state index in [0.29, 0.717) is 5.56 Å². The van der Waals surface area contributed by atoms with E-state index in [4.69, 9.17) is 5.73 Å². The third kappa shape index (κ3) is 3.81. The molecule has 3 nitrogen and oxygen atoms in total. The van der Waals surface area contributed by atoms with Gasteiger partial charge in [-0.3, -0.25) is 0 Å². The van der Waals surface area contributed by atoms with E-state index in [-0.39, 0.29) is 18.3 Å². The van der Waals surface area contributed by atoms with E-state index < -0.39 is 0 Å². The Morgan fingerprint density at radius 1 is 1.21 bits per heavy atom. The average molecular weight is 257 g/mol. The van der Waals surface area contributed by atoms with E-state index in [2.05, 4.69) is 10.3 Å². The Kier molecular flexibility index (Phi) is 4.13. The lowest BCUT2D eigenvalue weighted by atomic mass is 10.2. The van der Waals surface area contributed by atoms with Gasteiger partial charge in [0.2, 0.25) is 0 Å². The minimum absolute atomic E-state index is 0.220. The first-order valence-electron chi connectivity index (χ1n) is 6.02. The minimum Gasteiger partial charge on any atom is -0.370 e. The number of halogens is 1. The number of aliphatic imine (C=N–C) groups is 1. The molecule has 0 amide bonds. The number of hydrogen-bond acceptors (Lipinski definition) is 1. The molecule has 0 spiro atoms. The maximum Gasteiger partial charge on any atom is 0.193 e. The fourth-order valence-corrected chi connectivity index (χ4v) is 1.71. The van der Waals surface area contributed by atoms with Crippen molar-refractivity contribution in [2.24, 2.45) is 10.7 Å². The molecule has 0 aliphatic rings. The normalized spacial score (nSPS) is 11.4. The summed E-state index contributed by atoms with van der Waals surface area (Å²) in [6.45, 7) is 2.22. The van der Waals surface area contributed by atoms with Crippen LogP contribution in [0.25, 0.3) is 0 Å². The molecular formula is C15H16FN3. The zero-order valence-electron chi connectivity index (χ0n) is 10.7. The summed E-state index contributed by atoms with van der Waals surface area (Å²) >= 11 is 0. The van der Waals surface area contributed by atoms with Crippen molar-refractivity contribution in [3.8, 4) is 0 Å². The topological polar surface area (TPSA) is 50.4 Å². The molecule has 0 aromatic heterocycles. The van der Waals surface area contributed by atoms with Crippen molar-refractivity contribution in [3.63, 3.8) is 0 Å². The van der Waals surface area contributed by atoms with Gasteiger partial charge >= 0.3 is 0 Å². The maximum absolute atomic E-state index is 13.4. The van der Waals surface area contributed by atoms with E-state index in [1.54, 1.807) is 18.2 Å². The highest BCUT2D eigenvalue weighted by atomic mass is 19.1. The summed E-state index contributed by atoms with van der Waals surface area (Å²) in [4.78, 5) is 4.12. The zero-order valence-corrected chi connectivity index (χ0v) is 10.7. The van der Waals surface area contributed by atoms with Crippen LogP contribution in [-0.2, 0) is 6.54 Å². The first-order chi connectivity index (χ1) is 9.15. The Bertz CT molecular complexity index is 593. The third-order valence-electron chi connectivity index (χ3n) is 2.67. The molecule has 0 saturated heterocycles. The fraction of sp³-hybridized carbons (Fsp3) is 0.133. The van der Waals surface area contributed by atoms with Gasteiger partial charge in [-0.05, 0) is 30.7 Å². The molecule has 0 atom stereocenters. The van der Waals surface area contributed by atoms with E-state index in [0.717, 1.165) is 11.3 Å². The lowest BCUT2D eigenvalue weighted by Gasteiger charge is -2.06. The Balaban J connectivity index is 2.02. The van der Waals surface area contributed by atoms with Gasteiger partial charge in [-0.25, -0.2) is 9.38 Å². The summed E-state index contributed by atoms with van der Waals surface area (Å²) in [7, 11) is 0. The molecule has 0 unspecified atom stereocenters. The van der Waals surface area contributed by atoms with Gasteiger partial charge in [0.25, 0.3) is 0 Å². The molecular weight excluding hydrogens is 241 g/mol. The number of nitrogens with zero attached hydrogens (tertiary/aromatic N) is 1. The number of guanidine groups is 1. The Morgan fingerprint density at radius 3 is 2.74 bits per heavy atom. The molecule has 0 saturated carbocycles. The summed E-state index contributed by atoms with van der Waals surface area (Å²) in [6, 6.07) is 14.3. The SMILES string of the molecule is Cc1cccc(NC(N)=NCc2ccccc2F)c1. The standard InChI is InChI=1S/C15H16FN3/c1-11-5-4-7-13(9-11)19-15(17)18-10-12-6-2-3-8-14(12)16/h2-9H,10H2,1H3,(H3,17,18,19). The van der Waals surface area contributed by atoms with E-state index >= 15 is 0 Å². The highest BCUT2D eigenvalue weighted by Crippen LogP contribution is 2.10. The van der Waals surface area contributed by atoms with Crippen LogP contribution in [0.1, 0.15) is 11.1 Å². The quantitative estimate of drug-likeness (QED) is 0.656. The monoisotopic (exact) mass is 257 g/mol. The Morgan fingerprint density at radius 2 is 2.00 bits per heavy atom. The first kappa shape index (κ1) is 13.1. The van der Waals surface area contributed by atoms with Crippen LogP contribution in [0.15, 0.2) is 53.5 Å². The van der Waals surface area contributed by atoms with Crippen molar-refractivity contribution in [2.75, 3.05) is 5.32 Å². The molecule has 2 aromatic rings. The molecule has 3 N–H and O–H groups in total. The Labute approximate surface area is 112 Å². The Hall–Kier alpha value is -2.36. The maximum atomic E-state index is 13.4. The molecule has 0 radical (unpaired) electrons. The van der Waals surface area contributed by atoms with Crippen molar-refractivity contribution in [1.29, 1.82) is 0 Å². The van der Waals surface area contributed by atoms with Crippen LogP contribution >= 0.6 is 0 Å². The van der Waals surface area contributed by atoms with Gasteiger partial charge in [-0.2, -0.15) is 0 Å². The number of benzene rings is 2. The van der Waals surface area contributed by atoms with Crippen molar-refractivity contribution in [3.05, 3.63) is 65.5 Å². The fourth-order valence-electron chi connectivity index (χ4n) is 1.71. The number of anilines is 1. The summed E-state index contributed by atoms with van der Waals surface area (Å²) in [5.41, 5.74) is 8.30. The predicted octanol–water partition coefficient (Wildman–Crippen LogP) is 3.06. The molecule has 4 heteroatoms. The first-order valence-corrected chi connectivity index (χ1v) is 6.02. The van der Waals surface area contributed by atoms with Crippen LogP contribution in [0.4, 0.5) is 10.1 Å². The lowest BCUT2D eigenvalue weighted by molar-refractivity contribution is 0.611. The number of nitrogens with two attached hydrogens (primary N) is 1.